The Labute approximate surface area is 203 Å². The molecule has 1 fully saturated rings. The normalized spacial score (nSPS) is 17.5. The molecule has 34 heavy (non-hydrogen) atoms. The minimum atomic E-state index is -0.716. The molecule has 0 aliphatic carbocycles. The third-order valence-corrected chi connectivity index (χ3v) is 5.85. The predicted molar refractivity (Wildman–Crippen MR) is 130 cm³/mol. The maximum absolute atomic E-state index is 13.1. The molecule has 1 aromatic heterocycles. The first-order valence-electron chi connectivity index (χ1n) is 11.1. The van der Waals surface area contributed by atoms with Crippen LogP contribution >= 0.6 is 11.6 Å². The van der Waals surface area contributed by atoms with Gasteiger partial charge in [-0.3, -0.25) is 9.59 Å². The van der Waals surface area contributed by atoms with Gasteiger partial charge in [-0.2, -0.15) is 0 Å². The average molecular weight is 480 g/mol. The number of likely N-dealkylation sites (tertiary alicyclic amines) is 1. The number of aryl methyl sites for hydroxylation is 1. The Morgan fingerprint density at radius 2 is 1.79 bits per heavy atom. The Bertz CT molecular complexity index is 1190. The zero-order valence-electron chi connectivity index (χ0n) is 19.0. The Morgan fingerprint density at radius 1 is 1.09 bits per heavy atom. The van der Waals surface area contributed by atoms with Crippen LogP contribution in [0, 0.1) is 0 Å². The van der Waals surface area contributed by atoms with Crippen LogP contribution in [0.5, 0.6) is 5.75 Å². The largest absolute Gasteiger partial charge is 0.507 e. The van der Waals surface area contributed by atoms with E-state index in [9.17, 15) is 14.7 Å². The lowest BCUT2D eigenvalue weighted by Crippen LogP contribution is -2.31. The third-order valence-electron chi connectivity index (χ3n) is 5.60. The van der Waals surface area contributed by atoms with Crippen molar-refractivity contribution in [3.63, 3.8) is 0 Å². The van der Waals surface area contributed by atoms with Crippen molar-refractivity contribution in [3.8, 4) is 5.75 Å². The molecule has 1 atom stereocenters. The lowest BCUT2D eigenvalue weighted by Gasteiger charge is -2.25. The van der Waals surface area contributed by atoms with E-state index in [2.05, 4.69) is 4.98 Å². The molecule has 1 N–H and O–H groups in total. The molecule has 7 nitrogen and oxygen atoms in total. The average Bonchev–Trinajstić information content (AvgIpc) is 3.42. The van der Waals surface area contributed by atoms with Gasteiger partial charge in [0.15, 0.2) is 0 Å². The summed E-state index contributed by atoms with van der Waals surface area (Å²) in [6, 6.07) is 13.1. The molecule has 0 bridgehead atoms. The fourth-order valence-corrected chi connectivity index (χ4v) is 4.19. The molecular weight excluding hydrogens is 454 g/mol. The van der Waals surface area contributed by atoms with Gasteiger partial charge in [0.1, 0.15) is 11.5 Å². The number of nitrogens with zero attached hydrogens (tertiary/aromatic N) is 3. The maximum atomic E-state index is 13.1. The highest BCUT2D eigenvalue weighted by molar-refractivity contribution is 6.46. The molecule has 3 aromatic rings. The first-order valence-corrected chi connectivity index (χ1v) is 11.5. The number of carbonyl (C=O) groups excluding carboxylic acids is 2. The predicted octanol–water partition coefficient (Wildman–Crippen LogP) is 4.84. The zero-order valence-corrected chi connectivity index (χ0v) is 19.8. The number of halogens is 1. The van der Waals surface area contributed by atoms with Gasteiger partial charge >= 0.3 is 0 Å². The van der Waals surface area contributed by atoms with E-state index in [1.165, 1.54) is 4.90 Å². The fourth-order valence-electron chi connectivity index (χ4n) is 4.06. The van der Waals surface area contributed by atoms with E-state index in [1.54, 1.807) is 61.1 Å². The van der Waals surface area contributed by atoms with Crippen molar-refractivity contribution in [2.75, 3.05) is 6.54 Å². The molecule has 2 aromatic carbocycles. The first kappa shape index (κ1) is 23.6. The smallest absolute Gasteiger partial charge is 0.295 e. The lowest BCUT2D eigenvalue weighted by molar-refractivity contribution is -0.139. The number of aromatic nitrogens is 2. The van der Waals surface area contributed by atoms with Crippen molar-refractivity contribution in [1.82, 2.24) is 14.5 Å². The number of aliphatic hydroxyl groups is 1. The minimum Gasteiger partial charge on any atom is -0.507 e. The third kappa shape index (κ3) is 4.99. The molecule has 0 unspecified atom stereocenters. The summed E-state index contributed by atoms with van der Waals surface area (Å²) < 4.78 is 7.57. The number of hydrogen-bond donors (Lipinski definition) is 1. The Morgan fingerprint density at radius 3 is 2.41 bits per heavy atom. The Kier molecular flexibility index (Phi) is 7.03. The van der Waals surface area contributed by atoms with Gasteiger partial charge in [-0.1, -0.05) is 23.7 Å². The van der Waals surface area contributed by atoms with Crippen molar-refractivity contribution < 1.29 is 19.4 Å². The fraction of sp³-hybridized carbons (Fsp3) is 0.269. The molecule has 1 amide bonds. The number of benzene rings is 2. The van der Waals surface area contributed by atoms with Crippen LogP contribution in [0.2, 0.25) is 5.02 Å². The van der Waals surface area contributed by atoms with Crippen LogP contribution in [0.15, 0.2) is 72.8 Å². The number of carbonyl (C=O) groups is 2. The topological polar surface area (TPSA) is 84.7 Å². The van der Waals surface area contributed by atoms with Crippen molar-refractivity contribution in [1.29, 1.82) is 0 Å². The molecule has 0 spiro atoms. The highest BCUT2D eigenvalue weighted by atomic mass is 35.5. The SMILES string of the molecule is CC(C)Oc1ccc(/C(O)=C2\C(=O)C(=O)N(CCCn3ccnc3)[C@@H]2c2ccc(Cl)cc2)cc1. The number of Topliss-reactive ketones (excluding diaryl/α,β-unsaturated/α-hetero) is 1. The van der Waals surface area contributed by atoms with Crippen LogP contribution < -0.4 is 4.74 Å². The van der Waals surface area contributed by atoms with Crippen molar-refractivity contribution >= 4 is 29.1 Å². The van der Waals surface area contributed by atoms with Crippen molar-refractivity contribution in [2.24, 2.45) is 0 Å². The van der Waals surface area contributed by atoms with E-state index in [4.69, 9.17) is 16.3 Å². The van der Waals surface area contributed by atoms with Gasteiger partial charge < -0.3 is 19.3 Å². The van der Waals surface area contributed by atoms with Crippen LogP contribution in [0.4, 0.5) is 0 Å². The van der Waals surface area contributed by atoms with E-state index in [0.29, 0.717) is 41.4 Å². The second-order valence-corrected chi connectivity index (χ2v) is 8.83. The number of rotatable bonds is 8. The van der Waals surface area contributed by atoms with Crippen LogP contribution in [-0.4, -0.2) is 43.9 Å². The lowest BCUT2D eigenvalue weighted by atomic mass is 9.95. The molecule has 4 rings (SSSR count). The van der Waals surface area contributed by atoms with Gasteiger partial charge in [0.25, 0.3) is 11.7 Å². The number of ketones is 1. The van der Waals surface area contributed by atoms with Gasteiger partial charge in [0, 0.05) is 36.1 Å². The van der Waals surface area contributed by atoms with E-state index in [0.717, 1.165) is 0 Å². The van der Waals surface area contributed by atoms with Crippen LogP contribution in [0.3, 0.4) is 0 Å². The standard InChI is InChI=1S/C26H26ClN3O4/c1-17(2)34-21-10-6-19(7-11-21)24(31)22-23(18-4-8-20(27)9-5-18)30(26(33)25(22)32)14-3-13-29-15-12-28-16-29/h4-12,15-17,23,31H,3,13-14H2,1-2H3/b24-22+/t23-/m1/s1. The maximum Gasteiger partial charge on any atom is 0.295 e. The second-order valence-electron chi connectivity index (χ2n) is 8.39. The summed E-state index contributed by atoms with van der Waals surface area (Å²) in [5, 5.41) is 11.7. The number of amides is 1. The van der Waals surface area contributed by atoms with Crippen LogP contribution in [0.1, 0.15) is 37.4 Å². The summed E-state index contributed by atoms with van der Waals surface area (Å²) in [6.45, 7) is 4.84. The highest BCUT2D eigenvalue weighted by Crippen LogP contribution is 2.40. The molecule has 1 saturated heterocycles. The molecule has 176 valence electrons. The molecule has 2 heterocycles. The summed E-state index contributed by atoms with van der Waals surface area (Å²) in [6.07, 6.45) is 5.87. The van der Waals surface area contributed by atoms with E-state index >= 15 is 0 Å². The van der Waals surface area contributed by atoms with Crippen molar-refractivity contribution in [3.05, 3.63) is 89.0 Å². The monoisotopic (exact) mass is 479 g/mol. The summed E-state index contributed by atoms with van der Waals surface area (Å²) >= 11 is 6.07. The summed E-state index contributed by atoms with van der Waals surface area (Å²) in [4.78, 5) is 31.7. The van der Waals surface area contributed by atoms with E-state index in [1.807, 2.05) is 24.6 Å². The van der Waals surface area contributed by atoms with E-state index in [-0.39, 0.29) is 17.4 Å². The molecule has 1 aliphatic heterocycles. The Hall–Kier alpha value is -3.58. The van der Waals surface area contributed by atoms with Crippen molar-refractivity contribution in [2.45, 2.75) is 39.0 Å². The number of hydrogen-bond acceptors (Lipinski definition) is 5. The zero-order chi connectivity index (χ0) is 24.2. The number of ether oxygens (including phenoxy) is 1. The molecule has 0 radical (unpaired) electrons. The second kappa shape index (κ2) is 10.1. The molecule has 1 aliphatic rings. The first-order chi connectivity index (χ1) is 16.3. The van der Waals surface area contributed by atoms with Crippen LogP contribution in [-0.2, 0) is 16.1 Å². The van der Waals surface area contributed by atoms with Gasteiger partial charge in [-0.05, 0) is 62.2 Å². The highest BCUT2D eigenvalue weighted by Gasteiger charge is 2.45. The van der Waals surface area contributed by atoms with Gasteiger partial charge in [-0.25, -0.2) is 4.98 Å². The van der Waals surface area contributed by atoms with Gasteiger partial charge in [0.2, 0.25) is 0 Å². The van der Waals surface area contributed by atoms with Gasteiger partial charge in [0.05, 0.1) is 24.0 Å². The summed E-state index contributed by atoms with van der Waals surface area (Å²) in [5.74, 6) is -0.901. The quantitative estimate of drug-likeness (QED) is 0.284. The van der Waals surface area contributed by atoms with E-state index < -0.39 is 17.7 Å². The molecule has 0 saturated carbocycles. The molecular formula is C26H26ClN3O4. The van der Waals surface area contributed by atoms with Crippen LogP contribution in [0.25, 0.3) is 5.76 Å². The summed E-state index contributed by atoms with van der Waals surface area (Å²) in [5.41, 5.74) is 1.20. The van der Waals surface area contributed by atoms with Gasteiger partial charge in [-0.15, -0.1) is 0 Å². The minimum absolute atomic E-state index is 0.0111. The number of aliphatic hydroxyl groups excluding tert-OH is 1. The summed E-state index contributed by atoms with van der Waals surface area (Å²) in [7, 11) is 0. The number of imidazole rings is 1. The molecule has 8 heteroatoms. The Balaban J connectivity index is 1.69.